The first-order valence-corrected chi connectivity index (χ1v) is 9.94. The van der Waals surface area contributed by atoms with E-state index in [1.807, 2.05) is 7.05 Å². The van der Waals surface area contributed by atoms with Gasteiger partial charge in [-0.05, 0) is 31.2 Å². The molecule has 2 amide bonds. The second-order valence-corrected chi connectivity index (χ2v) is 9.41. The minimum Gasteiger partial charge on any atom is -0.459 e. The maximum Gasteiger partial charge on any atom is 0.407 e. The molecule has 0 aliphatic heterocycles. The number of carbonyl (C=O) groups excluding carboxylic acids is 2. The lowest BCUT2D eigenvalue weighted by Gasteiger charge is -2.26. The number of carbonyl (C=O) groups is 2. The Labute approximate surface area is 171 Å². The van der Waals surface area contributed by atoms with Crippen LogP contribution in [0.15, 0.2) is 0 Å². The zero-order valence-electron chi connectivity index (χ0n) is 19.0. The van der Waals surface area contributed by atoms with Crippen molar-refractivity contribution in [3.05, 3.63) is 7.05 Å². The van der Waals surface area contributed by atoms with Gasteiger partial charge in [0.25, 0.3) is 0 Å². The maximum absolute atomic E-state index is 11.7. The Morgan fingerprint density at radius 2 is 1.68 bits per heavy atom. The van der Waals surface area contributed by atoms with Crippen LogP contribution in [-0.2, 0) is 9.47 Å². The van der Waals surface area contributed by atoms with Crippen molar-refractivity contribution in [1.82, 2.24) is 15.5 Å². The molecule has 0 fully saturated rings. The molecular formula is C20H42N4O4. The maximum atomic E-state index is 11.7. The molecule has 0 aliphatic rings. The van der Waals surface area contributed by atoms with E-state index in [1.165, 1.54) is 0 Å². The molecule has 0 aromatic rings. The number of amides is 2. The summed E-state index contributed by atoms with van der Waals surface area (Å²) in [5, 5.41) is 5.64. The summed E-state index contributed by atoms with van der Waals surface area (Å²) in [7, 11) is 11.7. The molecule has 28 heavy (non-hydrogen) atoms. The van der Waals surface area contributed by atoms with E-state index in [2.05, 4.69) is 59.6 Å². The van der Waals surface area contributed by atoms with E-state index in [-0.39, 0.29) is 11.5 Å². The predicted octanol–water partition coefficient (Wildman–Crippen LogP) is 2.31. The Kier molecular flexibility index (Phi) is 12.1. The fourth-order valence-corrected chi connectivity index (χ4v) is 2.21. The quantitative estimate of drug-likeness (QED) is 0.365. The van der Waals surface area contributed by atoms with Gasteiger partial charge >= 0.3 is 12.2 Å². The number of hydrogen-bond donors (Lipinski definition) is 2. The topological polar surface area (TPSA) is 79.9 Å². The number of ether oxygens (including phenoxy) is 2. The van der Waals surface area contributed by atoms with Crippen LogP contribution in [-0.4, -0.2) is 89.2 Å². The summed E-state index contributed by atoms with van der Waals surface area (Å²) < 4.78 is 11.0. The van der Waals surface area contributed by atoms with Gasteiger partial charge in [0.1, 0.15) is 19.8 Å². The highest BCUT2D eigenvalue weighted by atomic mass is 16.6. The molecule has 0 bridgehead atoms. The average Bonchev–Trinajstić information content (AvgIpc) is 2.55. The van der Waals surface area contributed by atoms with Crippen molar-refractivity contribution in [2.45, 2.75) is 33.6 Å². The minimum absolute atomic E-state index is 0.0540. The van der Waals surface area contributed by atoms with Crippen molar-refractivity contribution in [3.63, 3.8) is 0 Å². The second kappa shape index (κ2) is 12.8. The van der Waals surface area contributed by atoms with Gasteiger partial charge in [-0.25, -0.2) is 9.59 Å². The van der Waals surface area contributed by atoms with Crippen LogP contribution >= 0.6 is 0 Å². The zero-order chi connectivity index (χ0) is 21.8. The molecule has 0 spiro atoms. The number of nitrogens with zero attached hydrogens (tertiary/aromatic N) is 2. The number of hydrogen-bond acceptors (Lipinski definition) is 5. The molecule has 0 saturated carbocycles. The highest BCUT2D eigenvalue weighted by Crippen LogP contribution is 2.23. The van der Waals surface area contributed by atoms with Gasteiger partial charge in [-0.15, -0.1) is 0 Å². The van der Waals surface area contributed by atoms with Crippen molar-refractivity contribution >= 4 is 12.2 Å². The molecule has 0 aromatic heterocycles. The fourth-order valence-electron chi connectivity index (χ4n) is 2.21. The van der Waals surface area contributed by atoms with E-state index in [0.29, 0.717) is 38.8 Å². The Morgan fingerprint density at radius 3 is 2.25 bits per heavy atom. The monoisotopic (exact) mass is 402 g/mol. The van der Waals surface area contributed by atoms with Gasteiger partial charge in [-0.2, -0.15) is 0 Å². The van der Waals surface area contributed by atoms with Gasteiger partial charge in [-0.1, -0.05) is 20.8 Å². The van der Waals surface area contributed by atoms with Gasteiger partial charge in [0.05, 0.1) is 21.1 Å². The summed E-state index contributed by atoms with van der Waals surface area (Å²) in [4.78, 5) is 25.1. The van der Waals surface area contributed by atoms with Gasteiger partial charge in [-0.3, -0.25) is 7.05 Å². The van der Waals surface area contributed by atoms with E-state index in [4.69, 9.17) is 9.47 Å². The van der Waals surface area contributed by atoms with E-state index in [1.54, 1.807) is 4.90 Å². The first-order valence-electron chi connectivity index (χ1n) is 9.94. The molecular weight excluding hydrogens is 360 g/mol. The normalized spacial score (nSPS) is 13.2. The average molecular weight is 403 g/mol. The molecule has 0 aromatic carbocycles. The van der Waals surface area contributed by atoms with Crippen molar-refractivity contribution in [1.29, 1.82) is 0 Å². The summed E-state index contributed by atoms with van der Waals surface area (Å²) in [5.74, 6) is 0.324. The van der Waals surface area contributed by atoms with Crippen LogP contribution in [0.1, 0.15) is 33.6 Å². The third kappa shape index (κ3) is 16.6. The predicted molar refractivity (Wildman–Crippen MR) is 112 cm³/mol. The molecule has 8 nitrogen and oxygen atoms in total. The molecule has 2 N–H and O–H groups in total. The summed E-state index contributed by atoms with van der Waals surface area (Å²) in [6.07, 6.45) is 1.10. The third-order valence-corrected chi connectivity index (χ3v) is 4.32. The van der Waals surface area contributed by atoms with Crippen LogP contribution in [0.5, 0.6) is 0 Å². The van der Waals surface area contributed by atoms with Gasteiger partial charge in [0.2, 0.25) is 0 Å². The lowest BCUT2D eigenvalue weighted by molar-refractivity contribution is -0.870. The molecule has 1 atom stereocenters. The van der Waals surface area contributed by atoms with E-state index >= 15 is 0 Å². The molecule has 1 unspecified atom stereocenters. The Balaban J connectivity index is 3.94. The standard InChI is InChI=1S/C20H42N4O4/c1-17(15-21-18(25)28-14-12-24(6,7)8)9-10-20(2,3)16-22-19(26)27-13-11-23(4)5/h17H,4,9-16H2,1-3,5-8H3,(H,21,25)(H,22,26). The largest absolute Gasteiger partial charge is 0.459 e. The Hall–Kier alpha value is -1.54. The molecule has 0 heterocycles. The summed E-state index contributed by atoms with van der Waals surface area (Å²) in [5.41, 5.74) is -0.0540. The van der Waals surface area contributed by atoms with Crippen LogP contribution in [0.4, 0.5) is 9.59 Å². The molecule has 0 rings (SSSR count). The van der Waals surface area contributed by atoms with Crippen molar-refractivity contribution < 1.29 is 23.5 Å². The SMILES string of the molecule is [CH2-]N(C)CCOC(=O)NCC(C)(C)CCC(C)CNC(=O)OCC[N+](C)(C)C. The number of rotatable bonds is 13. The number of quaternary nitrogens is 1. The van der Waals surface area contributed by atoms with E-state index in [9.17, 15) is 9.59 Å². The Morgan fingerprint density at radius 1 is 1.11 bits per heavy atom. The van der Waals surface area contributed by atoms with E-state index in [0.717, 1.165) is 23.9 Å². The lowest BCUT2D eigenvalue weighted by atomic mass is 9.85. The van der Waals surface area contributed by atoms with Crippen LogP contribution < -0.4 is 10.6 Å². The van der Waals surface area contributed by atoms with Crippen LogP contribution in [0, 0.1) is 18.4 Å². The van der Waals surface area contributed by atoms with Crippen molar-refractivity contribution in [2.75, 3.05) is 67.6 Å². The van der Waals surface area contributed by atoms with Crippen LogP contribution in [0.2, 0.25) is 0 Å². The van der Waals surface area contributed by atoms with Crippen molar-refractivity contribution in [2.24, 2.45) is 11.3 Å². The fraction of sp³-hybridized carbons (Fsp3) is 0.850. The summed E-state index contributed by atoms with van der Waals surface area (Å²) in [6, 6.07) is 0. The van der Waals surface area contributed by atoms with Crippen molar-refractivity contribution in [3.8, 4) is 0 Å². The van der Waals surface area contributed by atoms with Gasteiger partial charge < -0.3 is 29.5 Å². The minimum atomic E-state index is -0.402. The molecule has 0 radical (unpaired) electrons. The first-order chi connectivity index (χ1) is 12.8. The molecule has 8 heteroatoms. The van der Waals surface area contributed by atoms with Gasteiger partial charge in [0.15, 0.2) is 0 Å². The number of likely N-dealkylation sites (N-methyl/N-ethyl adjacent to an activating group) is 2. The summed E-state index contributed by atoms with van der Waals surface area (Å²) >= 11 is 0. The number of nitrogens with one attached hydrogen (secondary N) is 2. The first kappa shape index (κ1) is 26.5. The van der Waals surface area contributed by atoms with Crippen LogP contribution in [0.3, 0.4) is 0 Å². The lowest BCUT2D eigenvalue weighted by Crippen LogP contribution is -2.39. The Bertz CT molecular complexity index is 462. The van der Waals surface area contributed by atoms with E-state index < -0.39 is 6.09 Å². The van der Waals surface area contributed by atoms with Gasteiger partial charge in [0, 0.05) is 19.6 Å². The second-order valence-electron chi connectivity index (χ2n) is 9.41. The van der Waals surface area contributed by atoms with Crippen LogP contribution in [0.25, 0.3) is 0 Å². The molecule has 0 aliphatic carbocycles. The highest BCUT2D eigenvalue weighted by molar-refractivity contribution is 5.67. The highest BCUT2D eigenvalue weighted by Gasteiger charge is 2.20. The molecule has 166 valence electrons. The zero-order valence-corrected chi connectivity index (χ0v) is 19.0. The summed E-state index contributed by atoms with van der Waals surface area (Å²) in [6.45, 7) is 9.53. The third-order valence-electron chi connectivity index (χ3n) is 4.32. The number of alkyl carbamates (subject to hydrolysis) is 2. The smallest absolute Gasteiger partial charge is 0.407 e. The molecule has 0 saturated heterocycles.